The van der Waals surface area contributed by atoms with E-state index in [1.165, 1.54) is 34.1 Å². The summed E-state index contributed by atoms with van der Waals surface area (Å²) in [6.45, 7) is 3.71. The minimum absolute atomic E-state index is 0.0280. The van der Waals surface area contributed by atoms with Crippen LogP contribution in [0.3, 0.4) is 0 Å². The number of methoxy groups -OCH3 is 2. The minimum atomic E-state index is -1.40. The minimum Gasteiger partial charge on any atom is -0.503 e. The maximum atomic E-state index is 15.0. The van der Waals surface area contributed by atoms with E-state index in [9.17, 15) is 24.3 Å². The Kier molecular flexibility index (Phi) is 7.87. The standard InChI is InChI=1S/C37H32Cl2N4O8S/c1-15-20-12-17(38)6-9-26(20)52-31(15)24-14-27(41(3)40-24)42-33(46)22-13-21-18(7-8-19-28(21)34(47)43(32(19)45)36(49)51-5)29(37(22,2)35(42)48)16-10-23(39)30(44)25(11-16)50-4/h6-7,9-12,14,19,21-22,28-29,44H,8,13H2,1-5H3. The highest BCUT2D eigenvalue weighted by Crippen LogP contribution is 2.64. The third kappa shape index (κ3) is 4.58. The molecule has 0 radical (unpaired) electrons. The summed E-state index contributed by atoms with van der Waals surface area (Å²) in [5.74, 6) is -6.54. The number of allylic oxidation sites excluding steroid dienone is 2. The lowest BCUT2D eigenvalue weighted by Gasteiger charge is -2.49. The van der Waals surface area contributed by atoms with Gasteiger partial charge in [0, 0.05) is 28.8 Å². The maximum Gasteiger partial charge on any atom is 0.423 e. The first-order chi connectivity index (χ1) is 24.7. The number of ether oxygens (including phenoxy) is 2. The molecule has 268 valence electrons. The summed E-state index contributed by atoms with van der Waals surface area (Å²) in [7, 11) is 4.14. The summed E-state index contributed by atoms with van der Waals surface area (Å²) in [4.78, 5) is 72.2. The average molecular weight is 764 g/mol. The Hall–Kier alpha value is -4.72. The summed E-state index contributed by atoms with van der Waals surface area (Å²) < 4.78 is 12.7. The number of carbonyl (C=O) groups is 5. The smallest absolute Gasteiger partial charge is 0.423 e. The monoisotopic (exact) mass is 762 g/mol. The maximum absolute atomic E-state index is 15.0. The van der Waals surface area contributed by atoms with Gasteiger partial charge >= 0.3 is 6.09 Å². The number of thiophene rings is 1. The van der Waals surface area contributed by atoms with Gasteiger partial charge in [0.15, 0.2) is 11.5 Å². The number of aryl methyl sites for hydroxylation is 2. The largest absolute Gasteiger partial charge is 0.503 e. The van der Waals surface area contributed by atoms with E-state index in [1.54, 1.807) is 26.1 Å². The Morgan fingerprint density at radius 3 is 2.50 bits per heavy atom. The molecule has 15 heteroatoms. The van der Waals surface area contributed by atoms with Crippen molar-refractivity contribution in [3.8, 4) is 22.1 Å². The van der Waals surface area contributed by atoms with Gasteiger partial charge in [0.1, 0.15) is 11.5 Å². The van der Waals surface area contributed by atoms with Crippen molar-refractivity contribution in [1.29, 1.82) is 0 Å². The number of amides is 5. The number of phenolic OH excluding ortho intramolecular Hbond substituents is 1. The highest BCUT2D eigenvalue weighted by Gasteiger charge is 2.68. The van der Waals surface area contributed by atoms with Gasteiger partial charge < -0.3 is 14.6 Å². The van der Waals surface area contributed by atoms with Crippen molar-refractivity contribution < 1.29 is 38.6 Å². The number of imide groups is 4. The van der Waals surface area contributed by atoms with E-state index in [4.69, 9.17) is 37.8 Å². The quantitative estimate of drug-likeness (QED) is 0.179. The fourth-order valence-corrected chi connectivity index (χ4v) is 10.6. The third-order valence-electron chi connectivity index (χ3n) is 11.5. The number of likely N-dealkylation sites (tertiary alicyclic amines) is 1. The SMILES string of the molecule is COC(=O)N1C(=O)C2CC=C3C(CC4C(=O)N(c5cc(-c6sc7ccc(Cl)cc7c6C)nn5C)C(=O)C4(C)C3c3cc(Cl)c(O)c(OC)c3)C2C1=O. The number of fused-ring (bicyclic) bond motifs is 5. The molecule has 2 aliphatic heterocycles. The van der Waals surface area contributed by atoms with Gasteiger partial charge in [-0.05, 0) is 79.5 Å². The Morgan fingerprint density at radius 1 is 1.04 bits per heavy atom. The summed E-state index contributed by atoms with van der Waals surface area (Å²) in [6, 6.07) is 10.5. The third-order valence-corrected chi connectivity index (χ3v) is 13.3. The summed E-state index contributed by atoms with van der Waals surface area (Å²) >= 11 is 14.3. The van der Waals surface area contributed by atoms with E-state index in [-0.39, 0.29) is 35.2 Å². The van der Waals surface area contributed by atoms with Gasteiger partial charge in [0.25, 0.3) is 0 Å². The van der Waals surface area contributed by atoms with Gasteiger partial charge in [-0.15, -0.1) is 11.3 Å². The number of hydrogen-bond acceptors (Lipinski definition) is 10. The molecule has 2 aromatic heterocycles. The summed E-state index contributed by atoms with van der Waals surface area (Å²) in [5.41, 5.74) is 1.30. The molecule has 4 heterocycles. The van der Waals surface area contributed by atoms with E-state index in [2.05, 4.69) is 0 Å². The van der Waals surface area contributed by atoms with Crippen molar-refractivity contribution in [3.63, 3.8) is 0 Å². The second kappa shape index (κ2) is 11.9. The number of rotatable bonds is 4. The molecule has 12 nitrogen and oxygen atoms in total. The lowest BCUT2D eigenvalue weighted by molar-refractivity contribution is -0.138. The fourth-order valence-electron chi connectivity index (χ4n) is 9.02. The van der Waals surface area contributed by atoms with Crippen molar-refractivity contribution >= 4 is 80.2 Å². The molecule has 5 amide bonds. The van der Waals surface area contributed by atoms with Crippen LogP contribution in [0.5, 0.6) is 11.5 Å². The van der Waals surface area contributed by atoms with Crippen molar-refractivity contribution in [2.45, 2.75) is 32.6 Å². The number of aromatic nitrogens is 2. The molecule has 2 aromatic carbocycles. The molecular weight excluding hydrogens is 731 g/mol. The van der Waals surface area contributed by atoms with E-state index in [0.29, 0.717) is 26.8 Å². The van der Waals surface area contributed by atoms with E-state index < -0.39 is 64.7 Å². The Labute approximate surface area is 311 Å². The van der Waals surface area contributed by atoms with Crippen LogP contribution in [0.1, 0.15) is 36.8 Å². The number of nitrogens with zero attached hydrogens (tertiary/aromatic N) is 4. The van der Waals surface area contributed by atoms with Crippen LogP contribution in [0.2, 0.25) is 10.0 Å². The van der Waals surface area contributed by atoms with Crippen LogP contribution in [0, 0.1) is 36.0 Å². The Bertz CT molecular complexity index is 2330. The van der Waals surface area contributed by atoms with Gasteiger partial charge in [-0.3, -0.25) is 23.9 Å². The molecule has 4 aromatic rings. The Morgan fingerprint density at radius 2 is 1.79 bits per heavy atom. The number of phenols is 1. The molecule has 52 heavy (non-hydrogen) atoms. The molecule has 0 bridgehead atoms. The summed E-state index contributed by atoms with van der Waals surface area (Å²) in [5, 5.41) is 16.9. The molecule has 3 fully saturated rings. The molecule has 8 rings (SSSR count). The van der Waals surface area contributed by atoms with Gasteiger partial charge in [-0.1, -0.05) is 34.9 Å². The highest BCUT2D eigenvalue weighted by atomic mass is 35.5. The first-order valence-electron chi connectivity index (χ1n) is 16.6. The molecule has 1 N–H and O–H groups in total. The van der Waals surface area contributed by atoms with E-state index >= 15 is 4.79 Å². The topological polar surface area (TPSA) is 148 Å². The lowest BCUT2D eigenvalue weighted by atomic mass is 9.51. The fraction of sp³-hybridized carbons (Fsp3) is 0.351. The molecule has 2 saturated heterocycles. The van der Waals surface area contributed by atoms with Crippen LogP contribution in [0.15, 0.2) is 48.0 Å². The number of carbonyl (C=O) groups excluding carboxylic acids is 5. The zero-order valence-corrected chi connectivity index (χ0v) is 30.9. The zero-order valence-electron chi connectivity index (χ0n) is 28.6. The molecule has 6 unspecified atom stereocenters. The Balaban J connectivity index is 1.27. The summed E-state index contributed by atoms with van der Waals surface area (Å²) in [6.07, 6.45) is 0.973. The van der Waals surface area contributed by atoms with Gasteiger partial charge in [-0.2, -0.15) is 10.00 Å². The first-order valence-corrected chi connectivity index (χ1v) is 18.1. The molecule has 1 saturated carbocycles. The van der Waals surface area contributed by atoms with Crippen LogP contribution in [-0.2, 0) is 31.0 Å². The van der Waals surface area contributed by atoms with Crippen molar-refractivity contribution in [2.75, 3.05) is 19.1 Å². The van der Waals surface area contributed by atoms with Crippen molar-refractivity contribution in [3.05, 3.63) is 69.2 Å². The number of anilines is 1. The van der Waals surface area contributed by atoms with E-state index in [0.717, 1.165) is 27.6 Å². The average Bonchev–Trinajstić information content (AvgIpc) is 3.79. The van der Waals surface area contributed by atoms with Crippen LogP contribution in [0.4, 0.5) is 10.6 Å². The first kappa shape index (κ1) is 34.4. The molecule has 2 aliphatic carbocycles. The number of benzene rings is 2. The number of halogens is 2. The van der Waals surface area contributed by atoms with E-state index in [1.807, 2.05) is 31.2 Å². The van der Waals surface area contributed by atoms with Gasteiger partial charge in [0.2, 0.25) is 23.6 Å². The molecule has 4 aliphatic rings. The normalized spacial score (nSPS) is 26.8. The predicted octanol–water partition coefficient (Wildman–Crippen LogP) is 6.63. The molecule has 6 atom stereocenters. The van der Waals surface area contributed by atoms with Gasteiger partial charge in [0.05, 0.1) is 47.3 Å². The zero-order chi connectivity index (χ0) is 37.1. The molecular formula is C37H32Cl2N4O8S. The lowest BCUT2D eigenvalue weighted by Crippen LogP contribution is -2.49. The second-order valence-corrected chi connectivity index (χ2v) is 15.8. The number of hydrogen-bond donors (Lipinski definition) is 1. The van der Waals surface area contributed by atoms with Crippen LogP contribution in [-0.4, -0.2) is 63.7 Å². The van der Waals surface area contributed by atoms with Gasteiger partial charge in [-0.25, -0.2) is 9.69 Å². The molecule has 0 spiro atoms. The van der Waals surface area contributed by atoms with Crippen molar-refractivity contribution in [2.24, 2.45) is 36.1 Å². The second-order valence-electron chi connectivity index (χ2n) is 13.9. The van der Waals surface area contributed by atoms with Crippen LogP contribution < -0.4 is 9.64 Å². The number of aromatic hydroxyl groups is 1. The van der Waals surface area contributed by atoms with Crippen LogP contribution >= 0.6 is 34.5 Å². The highest BCUT2D eigenvalue weighted by molar-refractivity contribution is 7.22. The van der Waals surface area contributed by atoms with Crippen molar-refractivity contribution in [1.82, 2.24) is 14.7 Å². The predicted molar refractivity (Wildman–Crippen MR) is 192 cm³/mol. The van der Waals surface area contributed by atoms with Crippen LogP contribution in [0.25, 0.3) is 20.7 Å².